The molecule has 3 N–H and O–H groups in total. The number of hydrogen-bond acceptors (Lipinski definition) is 4. The van der Waals surface area contributed by atoms with E-state index >= 15 is 0 Å². The van der Waals surface area contributed by atoms with Gasteiger partial charge >= 0.3 is 0 Å². The summed E-state index contributed by atoms with van der Waals surface area (Å²) in [7, 11) is -3.34. The van der Waals surface area contributed by atoms with Crippen LogP contribution in [0.15, 0.2) is 36.4 Å². The second-order valence-corrected chi connectivity index (χ2v) is 7.06. The number of nitrogens with one attached hydrogen (secondary N) is 2. The molecule has 7 heteroatoms. The molecule has 23 heavy (non-hydrogen) atoms. The Labute approximate surface area is 135 Å². The Balaban J connectivity index is 2.16. The molecule has 0 aromatic heterocycles. The van der Waals surface area contributed by atoms with Crippen LogP contribution in [-0.4, -0.2) is 25.7 Å². The lowest BCUT2D eigenvalue weighted by Gasteiger charge is -2.11. The summed E-state index contributed by atoms with van der Waals surface area (Å²) in [4.78, 5) is 12.2. The Morgan fingerprint density at radius 2 is 1.57 bits per heavy atom. The van der Waals surface area contributed by atoms with Gasteiger partial charge < -0.3 is 10.4 Å². The molecule has 0 bridgehead atoms. The van der Waals surface area contributed by atoms with Crippen molar-refractivity contribution in [3.8, 4) is 5.75 Å². The average molecular weight is 334 g/mol. The van der Waals surface area contributed by atoms with E-state index in [1.807, 2.05) is 6.92 Å². The quantitative estimate of drug-likeness (QED) is 0.801. The molecular formula is C16H18N2O4S. The monoisotopic (exact) mass is 334 g/mol. The summed E-state index contributed by atoms with van der Waals surface area (Å²) in [6, 6.07) is 9.55. The van der Waals surface area contributed by atoms with Gasteiger partial charge in [0.15, 0.2) is 0 Å². The zero-order valence-corrected chi connectivity index (χ0v) is 13.9. The molecule has 1 amide bonds. The van der Waals surface area contributed by atoms with Crippen molar-refractivity contribution in [2.45, 2.75) is 13.8 Å². The number of sulfonamides is 1. The van der Waals surface area contributed by atoms with E-state index in [0.29, 0.717) is 16.9 Å². The fraction of sp³-hybridized carbons (Fsp3) is 0.188. The van der Waals surface area contributed by atoms with Gasteiger partial charge in [0.25, 0.3) is 5.91 Å². The largest absolute Gasteiger partial charge is 0.507 e. The summed E-state index contributed by atoms with van der Waals surface area (Å²) in [6.07, 6.45) is 1.06. The van der Waals surface area contributed by atoms with Gasteiger partial charge in [0.1, 0.15) is 5.75 Å². The van der Waals surface area contributed by atoms with Crippen LogP contribution in [0.3, 0.4) is 0 Å². The molecule has 0 spiro atoms. The van der Waals surface area contributed by atoms with Crippen LogP contribution >= 0.6 is 0 Å². The summed E-state index contributed by atoms with van der Waals surface area (Å²) in [5, 5.41) is 12.7. The number of aromatic hydroxyl groups is 1. The normalized spacial score (nSPS) is 11.1. The molecule has 0 saturated carbocycles. The zero-order valence-electron chi connectivity index (χ0n) is 13.0. The Morgan fingerprint density at radius 3 is 2.13 bits per heavy atom. The number of carbonyl (C=O) groups is 1. The van der Waals surface area contributed by atoms with Crippen LogP contribution in [0.4, 0.5) is 11.4 Å². The summed E-state index contributed by atoms with van der Waals surface area (Å²) >= 11 is 0. The molecule has 0 aliphatic rings. The molecule has 2 aromatic carbocycles. The SMILES string of the molecule is Cc1ccc(C(=O)Nc2ccc(NS(C)(=O)=O)cc2)c(O)c1C. The number of anilines is 2. The number of phenols is 1. The van der Waals surface area contributed by atoms with E-state index in [4.69, 9.17) is 0 Å². The Bertz CT molecular complexity index is 843. The fourth-order valence-corrected chi connectivity index (χ4v) is 2.58. The number of hydrogen-bond donors (Lipinski definition) is 3. The lowest BCUT2D eigenvalue weighted by molar-refractivity contribution is 0.102. The number of benzene rings is 2. The van der Waals surface area contributed by atoms with Crippen LogP contribution in [0.2, 0.25) is 0 Å². The summed E-state index contributed by atoms with van der Waals surface area (Å²) in [6.45, 7) is 3.59. The van der Waals surface area contributed by atoms with Crippen molar-refractivity contribution in [2.75, 3.05) is 16.3 Å². The minimum absolute atomic E-state index is 0.0436. The molecular weight excluding hydrogens is 316 g/mol. The van der Waals surface area contributed by atoms with E-state index in [1.165, 1.54) is 12.1 Å². The van der Waals surface area contributed by atoms with E-state index in [-0.39, 0.29) is 11.3 Å². The minimum atomic E-state index is -3.34. The van der Waals surface area contributed by atoms with Crippen molar-refractivity contribution in [1.29, 1.82) is 0 Å². The first kappa shape index (κ1) is 16.8. The first-order valence-corrected chi connectivity index (χ1v) is 8.75. The number of carbonyl (C=O) groups excluding carboxylic acids is 1. The van der Waals surface area contributed by atoms with Crippen LogP contribution in [0.1, 0.15) is 21.5 Å². The molecule has 0 radical (unpaired) electrons. The predicted molar refractivity (Wildman–Crippen MR) is 90.4 cm³/mol. The second-order valence-electron chi connectivity index (χ2n) is 5.31. The molecule has 0 aliphatic carbocycles. The highest BCUT2D eigenvalue weighted by atomic mass is 32.2. The van der Waals surface area contributed by atoms with Gasteiger partial charge in [0, 0.05) is 11.4 Å². The lowest BCUT2D eigenvalue weighted by Crippen LogP contribution is -2.13. The van der Waals surface area contributed by atoms with Crippen LogP contribution in [0.25, 0.3) is 0 Å². The average Bonchev–Trinajstić information content (AvgIpc) is 2.45. The van der Waals surface area contributed by atoms with Gasteiger partial charge in [0.05, 0.1) is 11.8 Å². The van der Waals surface area contributed by atoms with Crippen LogP contribution in [0, 0.1) is 13.8 Å². The molecule has 2 aromatic rings. The molecule has 122 valence electrons. The summed E-state index contributed by atoms with van der Waals surface area (Å²) in [5.74, 6) is -0.479. The predicted octanol–water partition coefficient (Wildman–Crippen LogP) is 2.63. The van der Waals surface area contributed by atoms with Crippen molar-refractivity contribution >= 4 is 27.3 Å². The maximum absolute atomic E-state index is 12.2. The zero-order chi connectivity index (χ0) is 17.2. The van der Waals surface area contributed by atoms with E-state index in [1.54, 1.807) is 31.2 Å². The highest BCUT2D eigenvalue weighted by Gasteiger charge is 2.14. The number of amides is 1. The molecule has 2 rings (SSSR count). The maximum atomic E-state index is 12.2. The molecule has 0 unspecified atom stereocenters. The molecule has 0 aliphatic heterocycles. The van der Waals surface area contributed by atoms with Gasteiger partial charge in [-0.25, -0.2) is 8.42 Å². The first-order chi connectivity index (χ1) is 10.7. The van der Waals surface area contributed by atoms with Crippen molar-refractivity contribution in [1.82, 2.24) is 0 Å². The fourth-order valence-electron chi connectivity index (χ4n) is 2.02. The smallest absolute Gasteiger partial charge is 0.259 e. The Kier molecular flexibility index (Phi) is 4.60. The molecule has 0 saturated heterocycles. The van der Waals surface area contributed by atoms with E-state index in [2.05, 4.69) is 10.0 Å². The number of aryl methyl sites for hydroxylation is 1. The van der Waals surface area contributed by atoms with Gasteiger partial charge in [-0.1, -0.05) is 6.07 Å². The van der Waals surface area contributed by atoms with Crippen LogP contribution in [-0.2, 0) is 10.0 Å². The first-order valence-electron chi connectivity index (χ1n) is 6.86. The lowest BCUT2D eigenvalue weighted by atomic mass is 10.0. The number of rotatable bonds is 4. The van der Waals surface area contributed by atoms with Gasteiger partial charge in [0.2, 0.25) is 10.0 Å². The van der Waals surface area contributed by atoms with Crippen LogP contribution < -0.4 is 10.0 Å². The standard InChI is InChI=1S/C16H18N2O4S/c1-10-4-9-14(15(19)11(10)2)16(20)17-12-5-7-13(8-6-12)18-23(3,21)22/h4-9,18-19H,1-3H3,(H,17,20). The highest BCUT2D eigenvalue weighted by molar-refractivity contribution is 7.92. The third-order valence-corrected chi connectivity index (χ3v) is 4.00. The highest BCUT2D eigenvalue weighted by Crippen LogP contribution is 2.26. The van der Waals surface area contributed by atoms with Crippen LogP contribution in [0.5, 0.6) is 5.75 Å². The Hall–Kier alpha value is -2.54. The number of phenolic OH excluding ortho intramolecular Hbond substituents is 1. The van der Waals surface area contributed by atoms with Crippen molar-refractivity contribution < 1.29 is 18.3 Å². The third-order valence-electron chi connectivity index (χ3n) is 3.39. The molecule has 0 atom stereocenters. The van der Waals surface area contributed by atoms with Gasteiger partial charge in [-0.2, -0.15) is 0 Å². The van der Waals surface area contributed by atoms with E-state index < -0.39 is 15.9 Å². The topological polar surface area (TPSA) is 95.5 Å². The van der Waals surface area contributed by atoms with Crippen molar-refractivity contribution in [2.24, 2.45) is 0 Å². The van der Waals surface area contributed by atoms with Crippen molar-refractivity contribution in [3.05, 3.63) is 53.1 Å². The maximum Gasteiger partial charge on any atom is 0.259 e. The van der Waals surface area contributed by atoms with E-state index in [9.17, 15) is 18.3 Å². The minimum Gasteiger partial charge on any atom is -0.507 e. The summed E-state index contributed by atoms with van der Waals surface area (Å²) in [5.41, 5.74) is 2.64. The van der Waals surface area contributed by atoms with E-state index in [0.717, 1.165) is 11.8 Å². The molecule has 0 heterocycles. The second kappa shape index (κ2) is 6.29. The molecule has 6 nitrogen and oxygen atoms in total. The summed E-state index contributed by atoms with van der Waals surface area (Å²) < 4.78 is 24.6. The van der Waals surface area contributed by atoms with Gasteiger partial charge in [-0.3, -0.25) is 9.52 Å². The van der Waals surface area contributed by atoms with Gasteiger partial charge in [-0.15, -0.1) is 0 Å². The van der Waals surface area contributed by atoms with Gasteiger partial charge in [-0.05, 0) is 55.3 Å². The molecule has 0 fully saturated rings. The van der Waals surface area contributed by atoms with Crippen molar-refractivity contribution in [3.63, 3.8) is 0 Å². The Morgan fingerprint density at radius 1 is 1.00 bits per heavy atom. The third kappa shape index (κ3) is 4.23.